The molecule has 0 atom stereocenters. The topological polar surface area (TPSA) is 81.1 Å². The fourth-order valence-corrected chi connectivity index (χ4v) is 3.07. The van der Waals surface area contributed by atoms with Gasteiger partial charge in [0, 0.05) is 37.7 Å². The lowest BCUT2D eigenvalue weighted by atomic mass is 9.79. The monoisotopic (exact) mass is 401 g/mol. The molecule has 0 radical (unpaired) electrons. The van der Waals surface area contributed by atoms with Gasteiger partial charge in [-0.05, 0) is 38.1 Å². The second kappa shape index (κ2) is 10.5. The Hall–Kier alpha value is -1.67. The van der Waals surface area contributed by atoms with Crippen molar-refractivity contribution in [3.8, 4) is 5.82 Å². The lowest BCUT2D eigenvalue weighted by Crippen LogP contribution is -2.47. The Labute approximate surface area is 165 Å². The van der Waals surface area contributed by atoms with E-state index in [2.05, 4.69) is 20.6 Å². The van der Waals surface area contributed by atoms with Crippen molar-refractivity contribution >= 4 is 30.7 Å². The number of aromatic nitrogens is 3. The molecule has 0 aliphatic carbocycles. The van der Waals surface area contributed by atoms with E-state index in [0.29, 0.717) is 18.7 Å². The van der Waals surface area contributed by atoms with Crippen LogP contribution in [0.3, 0.4) is 0 Å². The van der Waals surface area contributed by atoms with Gasteiger partial charge in [-0.25, -0.2) is 9.97 Å². The number of ether oxygens (including phenoxy) is 1. The predicted molar refractivity (Wildman–Crippen MR) is 105 cm³/mol. The van der Waals surface area contributed by atoms with Crippen LogP contribution in [0.1, 0.15) is 23.2 Å². The number of halogens is 2. The van der Waals surface area contributed by atoms with Gasteiger partial charge in [0.05, 0.1) is 12.2 Å². The molecule has 1 aliphatic heterocycles. The second-order valence-corrected chi connectivity index (χ2v) is 6.24. The molecule has 0 aromatic carbocycles. The number of methoxy groups -OCH3 is 1. The van der Waals surface area contributed by atoms with E-state index in [1.54, 1.807) is 36.5 Å². The summed E-state index contributed by atoms with van der Waals surface area (Å²) in [6.07, 6.45) is 8.77. The van der Waals surface area contributed by atoms with Gasteiger partial charge in [0.25, 0.3) is 5.91 Å². The minimum absolute atomic E-state index is 0. The molecule has 0 bridgehead atoms. The summed E-state index contributed by atoms with van der Waals surface area (Å²) in [7, 11) is 1.71. The van der Waals surface area contributed by atoms with Crippen molar-refractivity contribution in [1.29, 1.82) is 0 Å². The van der Waals surface area contributed by atoms with Crippen molar-refractivity contribution in [3.63, 3.8) is 0 Å². The highest BCUT2D eigenvalue weighted by Crippen LogP contribution is 2.28. The second-order valence-electron chi connectivity index (χ2n) is 6.24. The molecule has 1 aliphatic rings. The van der Waals surface area contributed by atoms with Crippen LogP contribution in [0.5, 0.6) is 0 Å². The number of amides is 1. The van der Waals surface area contributed by atoms with Gasteiger partial charge in [-0.2, -0.15) is 0 Å². The van der Waals surface area contributed by atoms with E-state index in [9.17, 15) is 4.79 Å². The van der Waals surface area contributed by atoms with Crippen molar-refractivity contribution in [2.75, 3.05) is 33.4 Å². The zero-order chi connectivity index (χ0) is 16.8. The summed E-state index contributed by atoms with van der Waals surface area (Å²) in [5.41, 5.74) is 0.570. The number of nitrogens with zero attached hydrogens (tertiary/aromatic N) is 3. The van der Waals surface area contributed by atoms with Gasteiger partial charge in [-0.3, -0.25) is 9.36 Å². The number of carbonyl (C=O) groups excluding carboxylic acids is 1. The van der Waals surface area contributed by atoms with Crippen LogP contribution >= 0.6 is 24.8 Å². The smallest absolute Gasteiger partial charge is 0.252 e. The Morgan fingerprint density at radius 2 is 2.12 bits per heavy atom. The Morgan fingerprint density at radius 1 is 1.35 bits per heavy atom. The van der Waals surface area contributed by atoms with Crippen molar-refractivity contribution in [2.45, 2.75) is 12.8 Å². The van der Waals surface area contributed by atoms with Crippen LogP contribution in [0.2, 0.25) is 0 Å². The molecule has 3 heterocycles. The first-order valence-electron chi connectivity index (χ1n) is 8.15. The summed E-state index contributed by atoms with van der Waals surface area (Å²) >= 11 is 0. The van der Waals surface area contributed by atoms with E-state index in [1.807, 2.05) is 12.3 Å². The quantitative estimate of drug-likeness (QED) is 0.771. The molecule has 144 valence electrons. The van der Waals surface area contributed by atoms with Crippen molar-refractivity contribution < 1.29 is 9.53 Å². The molecule has 1 fully saturated rings. The molecule has 0 saturated carbocycles. The molecule has 3 rings (SSSR count). The summed E-state index contributed by atoms with van der Waals surface area (Å²) < 4.78 is 7.18. The van der Waals surface area contributed by atoms with Crippen molar-refractivity contribution in [3.05, 3.63) is 42.6 Å². The first-order chi connectivity index (χ1) is 11.7. The number of pyridine rings is 1. The molecular weight excluding hydrogens is 377 g/mol. The zero-order valence-corrected chi connectivity index (χ0v) is 16.3. The van der Waals surface area contributed by atoms with E-state index in [-0.39, 0.29) is 36.1 Å². The van der Waals surface area contributed by atoms with Crippen LogP contribution in [0.15, 0.2) is 37.1 Å². The summed E-state index contributed by atoms with van der Waals surface area (Å²) in [6, 6.07) is 3.59. The van der Waals surface area contributed by atoms with E-state index >= 15 is 0 Å². The fraction of sp³-hybridized carbons (Fsp3) is 0.471. The summed E-state index contributed by atoms with van der Waals surface area (Å²) in [5, 5.41) is 6.39. The number of hydrogen-bond donors (Lipinski definition) is 2. The van der Waals surface area contributed by atoms with Gasteiger partial charge in [-0.15, -0.1) is 24.8 Å². The van der Waals surface area contributed by atoms with Crippen molar-refractivity contribution in [2.24, 2.45) is 5.41 Å². The number of rotatable bonds is 6. The number of piperidine rings is 1. The van der Waals surface area contributed by atoms with Gasteiger partial charge in [0.1, 0.15) is 12.1 Å². The Morgan fingerprint density at radius 3 is 2.69 bits per heavy atom. The Bertz CT molecular complexity index is 653. The van der Waals surface area contributed by atoms with Gasteiger partial charge in [0.15, 0.2) is 0 Å². The molecule has 0 unspecified atom stereocenters. The third kappa shape index (κ3) is 5.41. The minimum atomic E-state index is -0.103. The highest BCUT2D eigenvalue weighted by molar-refractivity contribution is 5.93. The molecule has 7 nitrogen and oxygen atoms in total. The van der Waals surface area contributed by atoms with E-state index in [4.69, 9.17) is 4.74 Å². The standard InChI is InChI=1S/C17H23N5O2.2ClH/c1-24-12-17(4-6-18-7-5-17)11-21-16(23)14-2-3-15(20-10-14)22-9-8-19-13-22;;/h2-3,8-10,13,18H,4-7,11-12H2,1H3,(H,21,23);2*1H. The maximum Gasteiger partial charge on any atom is 0.252 e. The third-order valence-corrected chi connectivity index (χ3v) is 4.52. The third-order valence-electron chi connectivity index (χ3n) is 4.52. The van der Waals surface area contributed by atoms with Gasteiger partial charge < -0.3 is 15.4 Å². The first kappa shape index (κ1) is 22.4. The number of imidazole rings is 1. The summed E-state index contributed by atoms with van der Waals surface area (Å²) in [4.78, 5) is 20.7. The molecule has 9 heteroatoms. The SMILES string of the molecule is COCC1(CNC(=O)c2ccc(-n3ccnc3)nc2)CCNCC1.Cl.Cl. The van der Waals surface area contributed by atoms with Crippen LogP contribution in [0.4, 0.5) is 0 Å². The molecule has 1 saturated heterocycles. The summed E-state index contributed by atoms with van der Waals surface area (Å²) in [5.74, 6) is 0.631. The van der Waals surface area contributed by atoms with Crippen LogP contribution in [0.25, 0.3) is 5.82 Å². The predicted octanol–water partition coefficient (Wildman–Crippen LogP) is 1.86. The normalized spacial score (nSPS) is 15.4. The van der Waals surface area contributed by atoms with E-state index < -0.39 is 0 Å². The minimum Gasteiger partial charge on any atom is -0.384 e. The highest BCUT2D eigenvalue weighted by atomic mass is 35.5. The maximum absolute atomic E-state index is 12.4. The Kier molecular flexibility index (Phi) is 9.01. The van der Waals surface area contributed by atoms with Crippen LogP contribution in [-0.2, 0) is 4.74 Å². The average Bonchev–Trinajstić information content (AvgIpc) is 3.16. The number of nitrogens with one attached hydrogen (secondary N) is 2. The average molecular weight is 402 g/mol. The molecule has 2 N–H and O–H groups in total. The largest absolute Gasteiger partial charge is 0.384 e. The van der Waals surface area contributed by atoms with Gasteiger partial charge in [0.2, 0.25) is 0 Å². The molecular formula is C17H25Cl2N5O2. The molecule has 26 heavy (non-hydrogen) atoms. The van der Waals surface area contributed by atoms with Crippen molar-refractivity contribution in [1.82, 2.24) is 25.2 Å². The fourth-order valence-electron chi connectivity index (χ4n) is 3.07. The van der Waals surface area contributed by atoms with E-state index in [0.717, 1.165) is 31.7 Å². The van der Waals surface area contributed by atoms with Crippen LogP contribution in [-0.4, -0.2) is 53.8 Å². The zero-order valence-electron chi connectivity index (χ0n) is 14.7. The summed E-state index contributed by atoms with van der Waals surface area (Å²) in [6.45, 7) is 3.19. The maximum atomic E-state index is 12.4. The number of hydrogen-bond acceptors (Lipinski definition) is 5. The molecule has 1 amide bonds. The number of carbonyl (C=O) groups is 1. The van der Waals surface area contributed by atoms with Gasteiger partial charge >= 0.3 is 0 Å². The molecule has 2 aromatic heterocycles. The lowest BCUT2D eigenvalue weighted by molar-refractivity contribution is 0.0511. The van der Waals surface area contributed by atoms with Gasteiger partial charge in [-0.1, -0.05) is 0 Å². The van der Waals surface area contributed by atoms with Crippen LogP contribution in [0, 0.1) is 5.41 Å². The first-order valence-corrected chi connectivity index (χ1v) is 8.15. The van der Waals surface area contributed by atoms with E-state index in [1.165, 1.54) is 0 Å². The highest BCUT2D eigenvalue weighted by Gasteiger charge is 2.32. The molecule has 0 spiro atoms. The van der Waals surface area contributed by atoms with Crippen LogP contribution < -0.4 is 10.6 Å². The Balaban J connectivity index is 0.00000169. The lowest BCUT2D eigenvalue weighted by Gasteiger charge is -2.37. The molecule has 2 aromatic rings.